The fourth-order valence-electron chi connectivity index (χ4n) is 2.74. The second kappa shape index (κ2) is 8.44. The van der Waals surface area contributed by atoms with E-state index < -0.39 is 15.8 Å². The summed E-state index contributed by atoms with van der Waals surface area (Å²) in [4.78, 5) is 24.0. The van der Waals surface area contributed by atoms with Crippen molar-refractivity contribution in [1.82, 2.24) is 5.32 Å². The van der Waals surface area contributed by atoms with E-state index in [4.69, 9.17) is 4.74 Å². The van der Waals surface area contributed by atoms with E-state index in [1.54, 1.807) is 6.92 Å². The van der Waals surface area contributed by atoms with Crippen molar-refractivity contribution in [2.75, 3.05) is 31.3 Å². The van der Waals surface area contributed by atoms with Gasteiger partial charge in [-0.2, -0.15) is 0 Å². The van der Waals surface area contributed by atoms with E-state index in [2.05, 4.69) is 10.6 Å². The lowest BCUT2D eigenvalue weighted by molar-refractivity contribution is -0.116. The number of rotatable bonds is 7. The third kappa shape index (κ3) is 5.82. The van der Waals surface area contributed by atoms with Gasteiger partial charge in [-0.15, -0.1) is 0 Å². The summed E-state index contributed by atoms with van der Waals surface area (Å²) in [7, 11) is -3.52. The van der Waals surface area contributed by atoms with Crippen molar-refractivity contribution in [2.45, 2.75) is 31.1 Å². The number of carbonyl (C=O) groups excluding carboxylic acids is 2. The molecule has 1 atom stereocenters. The number of nitrogens with one attached hydrogen (secondary N) is 2. The molecule has 0 saturated carbocycles. The standard InChI is InChI=1S/C17H24N2O5S/c1-3-24-17(21)13-8-14(10-15(9-13)25(2,22)23)19-16(20)5-4-12-6-7-18-11-12/h8-10,12,18H,3-7,11H2,1-2H3,(H,19,20). The zero-order valence-corrected chi connectivity index (χ0v) is 15.3. The summed E-state index contributed by atoms with van der Waals surface area (Å²) in [6.45, 7) is 3.74. The summed E-state index contributed by atoms with van der Waals surface area (Å²) in [6.07, 6.45) is 3.24. The Balaban J connectivity index is 2.13. The van der Waals surface area contributed by atoms with E-state index in [9.17, 15) is 18.0 Å². The van der Waals surface area contributed by atoms with Crippen molar-refractivity contribution in [3.63, 3.8) is 0 Å². The minimum atomic E-state index is -3.52. The van der Waals surface area contributed by atoms with Gasteiger partial charge >= 0.3 is 5.97 Å². The average molecular weight is 368 g/mol. The molecule has 1 saturated heterocycles. The largest absolute Gasteiger partial charge is 0.462 e. The van der Waals surface area contributed by atoms with Crippen LogP contribution in [0, 0.1) is 5.92 Å². The molecule has 8 heteroatoms. The Bertz CT molecular complexity index is 739. The first-order chi connectivity index (χ1) is 11.8. The molecule has 25 heavy (non-hydrogen) atoms. The minimum absolute atomic E-state index is 0.0339. The topological polar surface area (TPSA) is 102 Å². The SMILES string of the molecule is CCOC(=O)c1cc(NC(=O)CCC2CCNC2)cc(S(C)(=O)=O)c1. The summed E-state index contributed by atoms with van der Waals surface area (Å²) in [6, 6.07) is 4.04. The van der Waals surface area contributed by atoms with Crippen LogP contribution < -0.4 is 10.6 Å². The van der Waals surface area contributed by atoms with Crippen LogP contribution in [0.4, 0.5) is 5.69 Å². The van der Waals surface area contributed by atoms with E-state index in [0.717, 1.165) is 32.2 Å². The number of amides is 1. The van der Waals surface area contributed by atoms with Gasteiger partial charge in [0.2, 0.25) is 5.91 Å². The molecule has 1 heterocycles. The predicted octanol–water partition coefficient (Wildman–Crippen LogP) is 1.59. The molecule has 1 aliphatic rings. The van der Waals surface area contributed by atoms with E-state index in [1.807, 2.05) is 0 Å². The molecule has 1 unspecified atom stereocenters. The van der Waals surface area contributed by atoms with Crippen molar-refractivity contribution in [2.24, 2.45) is 5.92 Å². The molecule has 1 fully saturated rings. The molecule has 1 aromatic carbocycles. The van der Waals surface area contributed by atoms with E-state index >= 15 is 0 Å². The molecule has 1 amide bonds. The number of hydrogen-bond acceptors (Lipinski definition) is 6. The maximum atomic E-state index is 12.1. The van der Waals surface area contributed by atoms with Crippen LogP contribution in [0.25, 0.3) is 0 Å². The molecule has 1 aromatic rings. The minimum Gasteiger partial charge on any atom is -0.462 e. The molecule has 138 valence electrons. The number of ether oxygens (including phenoxy) is 1. The first-order valence-electron chi connectivity index (χ1n) is 8.32. The Labute approximate surface area is 148 Å². The second-order valence-corrected chi connectivity index (χ2v) is 8.20. The summed E-state index contributed by atoms with van der Waals surface area (Å²) >= 11 is 0. The van der Waals surface area contributed by atoms with Crippen LogP contribution in [0.2, 0.25) is 0 Å². The van der Waals surface area contributed by atoms with Gasteiger partial charge in [0.05, 0.1) is 17.1 Å². The quantitative estimate of drug-likeness (QED) is 0.709. The summed E-state index contributed by atoms with van der Waals surface area (Å²) in [5.74, 6) is -0.337. The maximum Gasteiger partial charge on any atom is 0.338 e. The zero-order chi connectivity index (χ0) is 18.4. The van der Waals surface area contributed by atoms with Crippen LogP contribution in [-0.4, -0.2) is 46.2 Å². The number of esters is 1. The van der Waals surface area contributed by atoms with Crippen molar-refractivity contribution < 1.29 is 22.7 Å². The van der Waals surface area contributed by atoms with Crippen LogP contribution in [0.1, 0.15) is 36.5 Å². The number of sulfone groups is 1. The highest BCUT2D eigenvalue weighted by atomic mass is 32.2. The number of carbonyl (C=O) groups is 2. The van der Waals surface area contributed by atoms with Gasteiger partial charge in [-0.1, -0.05) is 0 Å². The molecule has 0 aromatic heterocycles. The van der Waals surface area contributed by atoms with Crippen molar-refractivity contribution in [1.29, 1.82) is 0 Å². The first-order valence-corrected chi connectivity index (χ1v) is 10.2. The van der Waals surface area contributed by atoms with Crippen LogP contribution in [0.5, 0.6) is 0 Å². The number of benzene rings is 1. The van der Waals surface area contributed by atoms with E-state index in [0.29, 0.717) is 12.3 Å². The summed E-state index contributed by atoms with van der Waals surface area (Å²) in [5.41, 5.74) is 0.376. The van der Waals surface area contributed by atoms with Gasteiger partial charge in [-0.05, 0) is 57.0 Å². The molecule has 1 aliphatic heterocycles. The van der Waals surface area contributed by atoms with Crippen molar-refractivity contribution >= 4 is 27.4 Å². The Morgan fingerprint density at radius 1 is 1.32 bits per heavy atom. The summed E-state index contributed by atoms with van der Waals surface area (Å²) in [5, 5.41) is 5.94. The highest BCUT2D eigenvalue weighted by Gasteiger charge is 2.18. The highest BCUT2D eigenvalue weighted by Crippen LogP contribution is 2.21. The molecule has 0 bridgehead atoms. The average Bonchev–Trinajstić information content (AvgIpc) is 3.05. The molecule has 2 rings (SSSR count). The monoisotopic (exact) mass is 368 g/mol. The number of anilines is 1. The van der Waals surface area contributed by atoms with Gasteiger partial charge in [0.15, 0.2) is 9.84 Å². The van der Waals surface area contributed by atoms with Crippen molar-refractivity contribution in [3.05, 3.63) is 23.8 Å². The maximum absolute atomic E-state index is 12.1. The molecule has 0 aliphatic carbocycles. The Morgan fingerprint density at radius 3 is 2.68 bits per heavy atom. The molecule has 2 N–H and O–H groups in total. The fourth-order valence-corrected chi connectivity index (χ4v) is 3.42. The molecule has 0 spiro atoms. The van der Waals surface area contributed by atoms with Gasteiger partial charge in [-0.3, -0.25) is 4.79 Å². The molecule has 7 nitrogen and oxygen atoms in total. The Kier molecular flexibility index (Phi) is 6.55. The lowest BCUT2D eigenvalue weighted by atomic mass is 10.0. The van der Waals surface area contributed by atoms with Gasteiger partial charge in [0.1, 0.15) is 0 Å². The normalized spacial score (nSPS) is 17.3. The van der Waals surface area contributed by atoms with Gasteiger partial charge in [-0.25, -0.2) is 13.2 Å². The first kappa shape index (κ1) is 19.4. The van der Waals surface area contributed by atoms with E-state index in [-0.39, 0.29) is 28.7 Å². The lowest BCUT2D eigenvalue weighted by Crippen LogP contribution is -2.16. The highest BCUT2D eigenvalue weighted by molar-refractivity contribution is 7.90. The van der Waals surface area contributed by atoms with Crippen LogP contribution in [0.15, 0.2) is 23.1 Å². The van der Waals surface area contributed by atoms with Crippen molar-refractivity contribution in [3.8, 4) is 0 Å². The molecular formula is C17H24N2O5S. The number of hydrogen-bond donors (Lipinski definition) is 2. The van der Waals surface area contributed by atoms with Crippen LogP contribution in [-0.2, 0) is 19.4 Å². The Hall–Kier alpha value is -1.93. The fraction of sp³-hybridized carbons (Fsp3) is 0.529. The van der Waals surface area contributed by atoms with Gasteiger partial charge in [0, 0.05) is 18.4 Å². The third-order valence-electron chi connectivity index (χ3n) is 4.07. The third-order valence-corrected chi connectivity index (χ3v) is 5.16. The smallest absolute Gasteiger partial charge is 0.338 e. The van der Waals surface area contributed by atoms with Gasteiger partial charge < -0.3 is 15.4 Å². The van der Waals surface area contributed by atoms with Crippen LogP contribution in [0.3, 0.4) is 0 Å². The Morgan fingerprint density at radius 2 is 2.08 bits per heavy atom. The molecular weight excluding hydrogens is 344 g/mol. The van der Waals surface area contributed by atoms with Crippen LogP contribution >= 0.6 is 0 Å². The molecule has 0 radical (unpaired) electrons. The second-order valence-electron chi connectivity index (χ2n) is 6.18. The lowest BCUT2D eigenvalue weighted by Gasteiger charge is -2.11. The zero-order valence-electron chi connectivity index (χ0n) is 14.5. The van der Waals surface area contributed by atoms with E-state index in [1.165, 1.54) is 18.2 Å². The predicted molar refractivity (Wildman–Crippen MR) is 94.3 cm³/mol. The summed E-state index contributed by atoms with van der Waals surface area (Å²) < 4.78 is 28.6. The van der Waals surface area contributed by atoms with Gasteiger partial charge in [0.25, 0.3) is 0 Å².